The lowest BCUT2D eigenvalue weighted by atomic mass is 10.4. The minimum absolute atomic E-state index is 0.166. The van der Waals surface area contributed by atoms with Gasteiger partial charge in [-0.15, -0.1) is 11.8 Å². The Balaban J connectivity index is 2.25. The molecule has 0 aliphatic heterocycles. The quantitative estimate of drug-likeness (QED) is 0.432. The number of benzene rings is 1. The molecule has 0 amide bonds. The molecule has 1 atom stereocenters. The molecular weight excluding hydrogens is 248 g/mol. The van der Waals surface area contributed by atoms with Crippen molar-refractivity contribution in [1.82, 2.24) is 0 Å². The zero-order valence-electron chi connectivity index (χ0n) is 11.1. The van der Waals surface area contributed by atoms with Crippen LogP contribution in [0.15, 0.2) is 35.2 Å². The summed E-state index contributed by atoms with van der Waals surface area (Å²) in [4.78, 5) is 12.8. The molecule has 3 nitrogen and oxygen atoms in total. The van der Waals surface area contributed by atoms with Gasteiger partial charge in [-0.3, -0.25) is 4.79 Å². The molecule has 0 aliphatic rings. The Labute approximate surface area is 113 Å². The highest BCUT2D eigenvalue weighted by Crippen LogP contribution is 2.23. The second kappa shape index (κ2) is 8.16. The molecule has 0 radical (unpaired) electrons. The Morgan fingerprint density at radius 1 is 1.17 bits per heavy atom. The maximum absolute atomic E-state index is 11.7. The Kier molecular flexibility index (Phi) is 6.83. The van der Waals surface area contributed by atoms with Crippen molar-refractivity contribution in [2.24, 2.45) is 0 Å². The van der Waals surface area contributed by atoms with E-state index >= 15 is 0 Å². The molecule has 4 heteroatoms. The van der Waals surface area contributed by atoms with E-state index in [1.165, 1.54) is 11.8 Å². The van der Waals surface area contributed by atoms with Gasteiger partial charge in [0.05, 0.1) is 12.7 Å². The average molecular weight is 268 g/mol. The van der Waals surface area contributed by atoms with Gasteiger partial charge in [-0.05, 0) is 32.9 Å². The third-order valence-electron chi connectivity index (χ3n) is 2.17. The summed E-state index contributed by atoms with van der Waals surface area (Å²) in [5.74, 6) is -0.198. The van der Waals surface area contributed by atoms with Gasteiger partial charge in [0, 0.05) is 4.90 Å². The van der Waals surface area contributed by atoms with Gasteiger partial charge in [-0.1, -0.05) is 18.2 Å². The summed E-state index contributed by atoms with van der Waals surface area (Å²) in [6.07, 6.45) is 0.166. The average Bonchev–Trinajstić information content (AvgIpc) is 2.35. The molecule has 1 rings (SSSR count). The van der Waals surface area contributed by atoms with Crippen molar-refractivity contribution in [3.63, 3.8) is 0 Å². The van der Waals surface area contributed by atoms with Gasteiger partial charge in [0.1, 0.15) is 11.9 Å². The number of ether oxygens (including phenoxy) is 2. The van der Waals surface area contributed by atoms with E-state index in [1.807, 2.05) is 51.1 Å². The lowest BCUT2D eigenvalue weighted by molar-refractivity contribution is -0.144. The van der Waals surface area contributed by atoms with Gasteiger partial charge in [0.15, 0.2) is 0 Å². The van der Waals surface area contributed by atoms with Crippen LogP contribution in [-0.2, 0) is 14.3 Å². The van der Waals surface area contributed by atoms with E-state index in [9.17, 15) is 4.79 Å². The van der Waals surface area contributed by atoms with Crippen molar-refractivity contribution < 1.29 is 14.3 Å². The SMILES string of the molecule is CC(C)OCCOC(=O)C(C)Sc1ccccc1. The van der Waals surface area contributed by atoms with Crippen LogP contribution in [0.5, 0.6) is 0 Å². The van der Waals surface area contributed by atoms with Crippen LogP contribution in [0, 0.1) is 0 Å². The summed E-state index contributed by atoms with van der Waals surface area (Å²) in [6.45, 7) is 6.53. The zero-order valence-corrected chi connectivity index (χ0v) is 11.9. The molecule has 0 spiro atoms. The summed E-state index contributed by atoms with van der Waals surface area (Å²) in [5.41, 5.74) is 0. The number of carbonyl (C=O) groups excluding carboxylic acids is 1. The van der Waals surface area contributed by atoms with Crippen LogP contribution in [0.4, 0.5) is 0 Å². The van der Waals surface area contributed by atoms with Gasteiger partial charge in [0.25, 0.3) is 0 Å². The van der Waals surface area contributed by atoms with E-state index < -0.39 is 0 Å². The second-order valence-corrected chi connectivity index (χ2v) is 5.57. The van der Waals surface area contributed by atoms with Gasteiger partial charge >= 0.3 is 5.97 Å². The predicted molar refractivity (Wildman–Crippen MR) is 73.8 cm³/mol. The van der Waals surface area contributed by atoms with Crippen LogP contribution in [0.3, 0.4) is 0 Å². The third-order valence-corrected chi connectivity index (χ3v) is 3.26. The summed E-state index contributed by atoms with van der Waals surface area (Å²) in [7, 11) is 0. The van der Waals surface area contributed by atoms with Crippen molar-refractivity contribution in [3.8, 4) is 0 Å². The normalized spacial score (nSPS) is 12.4. The fourth-order valence-corrected chi connectivity index (χ4v) is 2.18. The first-order valence-electron chi connectivity index (χ1n) is 6.09. The van der Waals surface area contributed by atoms with Crippen LogP contribution in [0.1, 0.15) is 20.8 Å². The van der Waals surface area contributed by atoms with E-state index in [1.54, 1.807) is 0 Å². The minimum atomic E-state index is -0.202. The number of thioether (sulfide) groups is 1. The van der Waals surface area contributed by atoms with E-state index in [-0.39, 0.29) is 17.3 Å². The van der Waals surface area contributed by atoms with Crippen molar-refractivity contribution in [2.75, 3.05) is 13.2 Å². The fourth-order valence-electron chi connectivity index (χ4n) is 1.29. The number of esters is 1. The Bertz CT molecular complexity index is 351. The van der Waals surface area contributed by atoms with Crippen LogP contribution in [0.2, 0.25) is 0 Å². The first-order valence-corrected chi connectivity index (χ1v) is 6.97. The first kappa shape index (κ1) is 15.1. The van der Waals surface area contributed by atoms with Crippen LogP contribution < -0.4 is 0 Å². The maximum atomic E-state index is 11.7. The number of hydrogen-bond acceptors (Lipinski definition) is 4. The van der Waals surface area contributed by atoms with E-state index in [0.717, 1.165) is 4.90 Å². The molecule has 0 aliphatic carbocycles. The summed E-state index contributed by atoms with van der Waals surface area (Å²) in [5, 5.41) is -0.202. The monoisotopic (exact) mass is 268 g/mol. The molecular formula is C14H20O3S. The number of rotatable bonds is 7. The molecule has 0 bridgehead atoms. The van der Waals surface area contributed by atoms with E-state index in [2.05, 4.69) is 0 Å². The molecule has 0 saturated carbocycles. The Morgan fingerprint density at radius 2 is 1.83 bits per heavy atom. The molecule has 100 valence electrons. The molecule has 18 heavy (non-hydrogen) atoms. The van der Waals surface area contributed by atoms with Crippen molar-refractivity contribution in [2.45, 2.75) is 37.0 Å². The first-order chi connectivity index (χ1) is 8.59. The third kappa shape index (κ3) is 6.07. The molecule has 1 aromatic carbocycles. The van der Waals surface area contributed by atoms with Gasteiger partial charge in [-0.2, -0.15) is 0 Å². The predicted octanol–water partition coefficient (Wildman–Crippen LogP) is 3.14. The van der Waals surface area contributed by atoms with Crippen LogP contribution in [0.25, 0.3) is 0 Å². The maximum Gasteiger partial charge on any atom is 0.319 e. The Morgan fingerprint density at radius 3 is 2.44 bits per heavy atom. The fraction of sp³-hybridized carbons (Fsp3) is 0.500. The Hall–Kier alpha value is -1.00. The topological polar surface area (TPSA) is 35.5 Å². The molecule has 0 fully saturated rings. The largest absolute Gasteiger partial charge is 0.462 e. The highest BCUT2D eigenvalue weighted by atomic mass is 32.2. The molecule has 0 N–H and O–H groups in total. The van der Waals surface area contributed by atoms with E-state index in [0.29, 0.717) is 13.2 Å². The highest BCUT2D eigenvalue weighted by Gasteiger charge is 2.15. The highest BCUT2D eigenvalue weighted by molar-refractivity contribution is 8.00. The molecule has 0 aromatic heterocycles. The smallest absolute Gasteiger partial charge is 0.319 e. The van der Waals surface area contributed by atoms with Gasteiger partial charge in [0.2, 0.25) is 0 Å². The van der Waals surface area contributed by atoms with Gasteiger partial charge in [-0.25, -0.2) is 0 Å². The van der Waals surface area contributed by atoms with Gasteiger partial charge < -0.3 is 9.47 Å². The second-order valence-electron chi connectivity index (χ2n) is 4.16. The summed E-state index contributed by atoms with van der Waals surface area (Å²) in [6, 6.07) is 9.83. The standard InChI is InChI=1S/C14H20O3S/c1-11(2)16-9-10-17-14(15)12(3)18-13-7-5-4-6-8-13/h4-8,11-12H,9-10H2,1-3H3. The minimum Gasteiger partial charge on any atom is -0.462 e. The number of carbonyl (C=O) groups is 1. The zero-order chi connectivity index (χ0) is 13.4. The molecule has 1 aromatic rings. The number of hydrogen-bond donors (Lipinski definition) is 0. The lowest BCUT2D eigenvalue weighted by Gasteiger charge is -2.12. The molecule has 0 saturated heterocycles. The van der Waals surface area contributed by atoms with Crippen molar-refractivity contribution >= 4 is 17.7 Å². The lowest BCUT2D eigenvalue weighted by Crippen LogP contribution is -2.20. The van der Waals surface area contributed by atoms with Crippen LogP contribution >= 0.6 is 11.8 Å². The van der Waals surface area contributed by atoms with Crippen LogP contribution in [-0.4, -0.2) is 30.5 Å². The molecule has 0 heterocycles. The van der Waals surface area contributed by atoms with Crippen molar-refractivity contribution in [1.29, 1.82) is 0 Å². The van der Waals surface area contributed by atoms with E-state index in [4.69, 9.17) is 9.47 Å². The summed E-state index contributed by atoms with van der Waals surface area (Å²) >= 11 is 1.50. The summed E-state index contributed by atoms with van der Waals surface area (Å²) < 4.78 is 10.4. The molecule has 1 unspecified atom stereocenters. The van der Waals surface area contributed by atoms with Crippen molar-refractivity contribution in [3.05, 3.63) is 30.3 Å².